The van der Waals surface area contributed by atoms with Crippen LogP contribution in [0.15, 0.2) is 36.4 Å². The molecule has 15 heteroatoms. The zero-order valence-electron chi connectivity index (χ0n) is 13.7. The number of carboxylic acid groups (broad SMARTS) is 2. The van der Waals surface area contributed by atoms with Gasteiger partial charge in [-0.2, -0.15) is 0 Å². The summed E-state index contributed by atoms with van der Waals surface area (Å²) in [6, 6.07) is 5.06. The Bertz CT molecular complexity index is 1060. The summed E-state index contributed by atoms with van der Waals surface area (Å²) in [5, 5.41) is 40.2. The van der Waals surface area contributed by atoms with Crippen molar-refractivity contribution in [3.05, 3.63) is 67.8 Å². The van der Waals surface area contributed by atoms with Gasteiger partial charge in [-0.25, -0.2) is 9.59 Å². The molecule has 0 aliphatic carbocycles. The lowest BCUT2D eigenvalue weighted by molar-refractivity contribution is -0.385. The van der Waals surface area contributed by atoms with Crippen LogP contribution >= 0.6 is 0 Å². The number of nitro groups is 2. The molecule has 29 heavy (non-hydrogen) atoms. The predicted molar refractivity (Wildman–Crippen MR) is 90.3 cm³/mol. The van der Waals surface area contributed by atoms with E-state index >= 15 is 0 Å². The Labute approximate surface area is 160 Å². The fourth-order valence-corrected chi connectivity index (χ4v) is 2.88. The summed E-state index contributed by atoms with van der Waals surface area (Å²) in [5.74, 6) is -5.56. The second-order valence-electron chi connectivity index (χ2n) is 5.00. The lowest BCUT2D eigenvalue weighted by atomic mass is 10.1. The molecule has 0 heterocycles. The van der Waals surface area contributed by atoms with Crippen LogP contribution < -0.4 is 8.37 Å². The lowest BCUT2D eigenvalue weighted by Gasteiger charge is -2.10. The quantitative estimate of drug-likeness (QED) is 0.453. The van der Waals surface area contributed by atoms with Crippen molar-refractivity contribution in [2.45, 2.75) is 0 Å². The molecule has 0 saturated heterocycles. The van der Waals surface area contributed by atoms with Gasteiger partial charge in [-0.1, -0.05) is 12.1 Å². The maximum absolute atomic E-state index is 12.1. The monoisotopic (exact) mass is 428 g/mol. The Morgan fingerprint density at radius 1 is 0.793 bits per heavy atom. The first-order valence-electron chi connectivity index (χ1n) is 7.10. The molecule has 2 N–H and O–H groups in total. The molecule has 0 aromatic heterocycles. The Morgan fingerprint density at radius 2 is 1.14 bits per heavy atom. The molecule has 0 aliphatic heterocycles. The third-order valence-electron chi connectivity index (χ3n) is 3.21. The van der Waals surface area contributed by atoms with E-state index in [1.54, 1.807) is 0 Å². The van der Waals surface area contributed by atoms with Gasteiger partial charge in [0.15, 0.2) is 0 Å². The SMILES string of the molecule is O=C(O)c1cccc(OS(=O)(=O)Oc2cccc(C(=O)O)c2[N+](=O)[O-])c1[N+](=O)[O-]. The molecule has 0 saturated carbocycles. The van der Waals surface area contributed by atoms with Crippen LogP contribution in [0.2, 0.25) is 0 Å². The minimum absolute atomic E-state index is 0.758. The van der Waals surface area contributed by atoms with Crippen molar-refractivity contribution in [2.24, 2.45) is 0 Å². The lowest BCUT2D eigenvalue weighted by Crippen LogP contribution is -2.19. The van der Waals surface area contributed by atoms with Crippen molar-refractivity contribution < 1.29 is 46.4 Å². The van der Waals surface area contributed by atoms with Crippen LogP contribution in [0.25, 0.3) is 0 Å². The fourth-order valence-electron chi connectivity index (χ4n) is 2.14. The first-order valence-corrected chi connectivity index (χ1v) is 8.43. The van der Waals surface area contributed by atoms with Gasteiger partial charge in [-0.3, -0.25) is 20.2 Å². The Balaban J connectivity index is 2.51. The second-order valence-corrected chi connectivity index (χ2v) is 6.15. The standard InChI is InChI=1S/C14H8N2O12S/c17-13(18)7-3-1-5-9(11(7)15(21)22)27-29(25,26)28-10-6-2-4-8(14(19)20)12(10)16(23)24/h1-6H,(H,17,18)(H,19,20). The molecule has 2 aromatic carbocycles. The van der Waals surface area contributed by atoms with Crippen molar-refractivity contribution in [2.75, 3.05) is 0 Å². The van der Waals surface area contributed by atoms with Crippen molar-refractivity contribution in [1.29, 1.82) is 0 Å². The number of rotatable bonds is 8. The van der Waals surface area contributed by atoms with E-state index in [9.17, 15) is 38.2 Å². The first-order chi connectivity index (χ1) is 13.4. The van der Waals surface area contributed by atoms with Crippen molar-refractivity contribution in [1.82, 2.24) is 0 Å². The fraction of sp³-hybridized carbons (Fsp3) is 0. The largest absolute Gasteiger partial charge is 0.501 e. The molecule has 152 valence electrons. The van der Waals surface area contributed by atoms with Gasteiger partial charge in [-0.05, 0) is 24.3 Å². The van der Waals surface area contributed by atoms with Crippen LogP contribution in [0.1, 0.15) is 20.7 Å². The van der Waals surface area contributed by atoms with E-state index in [1.807, 2.05) is 0 Å². The van der Waals surface area contributed by atoms with E-state index in [0.717, 1.165) is 36.4 Å². The zero-order chi connectivity index (χ0) is 21.9. The van der Waals surface area contributed by atoms with E-state index in [4.69, 9.17) is 10.2 Å². The van der Waals surface area contributed by atoms with Crippen molar-refractivity contribution in [3.63, 3.8) is 0 Å². The average molecular weight is 428 g/mol. The molecular formula is C14H8N2O12S. The molecule has 0 fully saturated rings. The predicted octanol–water partition coefficient (Wildman–Crippen LogP) is 1.60. The Hall–Kier alpha value is -4.27. The summed E-state index contributed by atoms with van der Waals surface area (Å²) in [7, 11) is -5.28. The number of nitrogens with zero attached hydrogens (tertiary/aromatic N) is 2. The van der Waals surface area contributed by atoms with Crippen LogP contribution in [0.5, 0.6) is 11.5 Å². The van der Waals surface area contributed by atoms with Crippen LogP contribution in [-0.2, 0) is 10.4 Å². The number of carboxylic acids is 2. The van der Waals surface area contributed by atoms with Gasteiger partial charge in [0.25, 0.3) is 0 Å². The minimum atomic E-state index is -5.28. The molecule has 0 atom stereocenters. The molecule has 2 rings (SSSR count). The Kier molecular flexibility index (Phi) is 5.63. The highest BCUT2D eigenvalue weighted by atomic mass is 32.3. The van der Waals surface area contributed by atoms with Crippen molar-refractivity contribution in [3.8, 4) is 11.5 Å². The maximum atomic E-state index is 12.1. The van der Waals surface area contributed by atoms with E-state index in [2.05, 4.69) is 8.37 Å². The molecule has 0 radical (unpaired) electrons. The van der Waals surface area contributed by atoms with E-state index in [0.29, 0.717) is 0 Å². The van der Waals surface area contributed by atoms with Crippen LogP contribution in [0, 0.1) is 20.2 Å². The zero-order valence-corrected chi connectivity index (χ0v) is 14.6. The van der Waals surface area contributed by atoms with Crippen molar-refractivity contribution >= 4 is 33.7 Å². The van der Waals surface area contributed by atoms with Gasteiger partial charge in [0.1, 0.15) is 11.1 Å². The molecule has 0 spiro atoms. The van der Waals surface area contributed by atoms with E-state index in [1.165, 1.54) is 0 Å². The highest BCUT2D eigenvalue weighted by Crippen LogP contribution is 2.35. The maximum Gasteiger partial charge on any atom is 0.501 e. The first kappa shape index (κ1) is 21.0. The van der Waals surface area contributed by atoms with Gasteiger partial charge in [-0.15, -0.1) is 8.42 Å². The summed E-state index contributed by atoms with van der Waals surface area (Å²) < 4.78 is 33.0. The van der Waals surface area contributed by atoms with Gasteiger partial charge in [0.2, 0.25) is 11.5 Å². The molecule has 0 unspecified atom stereocenters. The number of benzene rings is 2. The number of hydrogen-bond donors (Lipinski definition) is 2. The molecule has 0 amide bonds. The number of aromatic carboxylic acids is 2. The summed E-state index contributed by atoms with van der Waals surface area (Å²) in [6.45, 7) is 0. The highest BCUT2D eigenvalue weighted by molar-refractivity contribution is 7.82. The number of nitro benzene ring substituents is 2. The normalized spacial score (nSPS) is 10.8. The molecule has 14 nitrogen and oxygen atoms in total. The van der Waals surface area contributed by atoms with Crippen LogP contribution in [0.3, 0.4) is 0 Å². The Morgan fingerprint density at radius 3 is 1.41 bits per heavy atom. The van der Waals surface area contributed by atoms with E-state index < -0.39 is 66.2 Å². The summed E-state index contributed by atoms with van der Waals surface area (Å²) >= 11 is 0. The number of para-hydroxylation sites is 2. The average Bonchev–Trinajstić information content (AvgIpc) is 2.59. The minimum Gasteiger partial charge on any atom is -0.477 e. The summed E-state index contributed by atoms with van der Waals surface area (Å²) in [5.41, 5.74) is -4.19. The summed E-state index contributed by atoms with van der Waals surface area (Å²) in [4.78, 5) is 42.0. The molecule has 2 aromatic rings. The van der Waals surface area contributed by atoms with Gasteiger partial charge < -0.3 is 18.6 Å². The highest BCUT2D eigenvalue weighted by Gasteiger charge is 2.32. The third kappa shape index (κ3) is 4.53. The summed E-state index contributed by atoms with van der Waals surface area (Å²) in [6.07, 6.45) is 0. The van der Waals surface area contributed by atoms with Gasteiger partial charge in [0.05, 0.1) is 9.85 Å². The van der Waals surface area contributed by atoms with Gasteiger partial charge in [0, 0.05) is 0 Å². The van der Waals surface area contributed by atoms with Gasteiger partial charge >= 0.3 is 33.7 Å². The molecule has 0 bridgehead atoms. The molecular weight excluding hydrogens is 420 g/mol. The van der Waals surface area contributed by atoms with Crippen LogP contribution in [0.4, 0.5) is 11.4 Å². The smallest absolute Gasteiger partial charge is 0.477 e. The number of carbonyl (C=O) groups is 2. The molecule has 0 aliphatic rings. The second kappa shape index (κ2) is 7.77. The topological polar surface area (TPSA) is 213 Å². The van der Waals surface area contributed by atoms with Crippen LogP contribution in [-0.4, -0.2) is 40.4 Å². The third-order valence-corrected chi connectivity index (χ3v) is 3.98. The van der Waals surface area contributed by atoms with E-state index in [-0.39, 0.29) is 0 Å². The number of hydrogen-bond acceptors (Lipinski definition) is 10.